The molecule has 3 rings (SSSR count). The van der Waals surface area contributed by atoms with E-state index in [1.807, 2.05) is 6.92 Å². The normalized spacial score (nSPS) is 40.7. The van der Waals surface area contributed by atoms with Crippen LogP contribution in [0, 0.1) is 10.8 Å². The van der Waals surface area contributed by atoms with Crippen LogP contribution in [0.25, 0.3) is 0 Å². The molecule has 120 valence electrons. The van der Waals surface area contributed by atoms with E-state index >= 15 is 0 Å². The molecular weight excluding hydrogens is 276 g/mol. The molecule has 3 aliphatic rings. The van der Waals surface area contributed by atoms with Gasteiger partial charge < -0.3 is 10.2 Å². The topological polar surface area (TPSA) is 57.5 Å². The minimum Gasteiger partial charge on any atom is -0.387 e. The number of allylic oxidation sites excluding steroid dienone is 1. The van der Waals surface area contributed by atoms with Gasteiger partial charge in [0, 0.05) is 11.0 Å². The van der Waals surface area contributed by atoms with Crippen LogP contribution in [0.2, 0.25) is 0 Å². The van der Waals surface area contributed by atoms with Gasteiger partial charge in [0.25, 0.3) is 0 Å². The molecule has 0 unspecified atom stereocenters. The molecule has 3 heteroatoms. The minimum atomic E-state index is -1.05. The zero-order valence-corrected chi connectivity index (χ0v) is 13.8. The Morgan fingerprint density at radius 2 is 1.95 bits per heavy atom. The molecule has 0 aliphatic heterocycles. The summed E-state index contributed by atoms with van der Waals surface area (Å²) in [6.07, 6.45) is 6.35. The van der Waals surface area contributed by atoms with E-state index in [-0.39, 0.29) is 11.2 Å². The average molecular weight is 302 g/mol. The summed E-state index contributed by atoms with van der Waals surface area (Å²) in [4.78, 5) is 12.7. The van der Waals surface area contributed by atoms with E-state index in [4.69, 9.17) is 0 Å². The van der Waals surface area contributed by atoms with Crippen LogP contribution in [0.3, 0.4) is 0 Å². The molecule has 3 aliphatic carbocycles. The first-order valence-electron chi connectivity index (χ1n) is 8.20. The molecule has 0 spiro atoms. The van der Waals surface area contributed by atoms with Gasteiger partial charge in [-0.1, -0.05) is 26.8 Å². The lowest BCUT2D eigenvalue weighted by molar-refractivity contribution is -0.114. The highest BCUT2D eigenvalue weighted by Crippen LogP contribution is 2.55. The molecule has 0 saturated heterocycles. The van der Waals surface area contributed by atoms with Crippen molar-refractivity contribution in [3.05, 3.63) is 35.5 Å². The Labute approximate surface area is 132 Å². The number of rotatable bonds is 1. The molecule has 0 heterocycles. The number of fused-ring (bicyclic) bond motifs is 2. The van der Waals surface area contributed by atoms with Gasteiger partial charge >= 0.3 is 0 Å². The third-order valence-electron chi connectivity index (χ3n) is 6.16. The summed E-state index contributed by atoms with van der Waals surface area (Å²) in [5.41, 5.74) is 0.289. The maximum Gasteiger partial charge on any atom is 0.184 e. The molecule has 0 aromatic rings. The van der Waals surface area contributed by atoms with E-state index in [2.05, 4.69) is 20.4 Å². The van der Waals surface area contributed by atoms with Gasteiger partial charge in [-0.05, 0) is 54.7 Å². The standard InChI is InChI=1S/C19H26O3/c1-5-18(4)10-7-12-15(16(18)21)13(20)11-14-17(2,3)8-6-9-19(12,14)22/h5,11,16,21-22H,1,6-10H2,2-4H3/t16-,18-,19-/m1/s1. The molecule has 3 nitrogen and oxygen atoms in total. The fourth-order valence-electron chi connectivity index (χ4n) is 4.54. The summed E-state index contributed by atoms with van der Waals surface area (Å²) in [6, 6.07) is 0. The summed E-state index contributed by atoms with van der Waals surface area (Å²) in [5.74, 6) is -0.134. The van der Waals surface area contributed by atoms with Gasteiger partial charge in [0.05, 0.1) is 6.10 Å². The number of hydrogen-bond donors (Lipinski definition) is 2. The van der Waals surface area contributed by atoms with E-state index in [0.29, 0.717) is 24.8 Å². The SMILES string of the molecule is C=C[C@]1(C)CCC2=C(C(=O)C=C3C(C)(C)CCC[C@]32O)[C@H]1O. The number of ketones is 1. The van der Waals surface area contributed by atoms with Crippen molar-refractivity contribution in [1.82, 2.24) is 0 Å². The van der Waals surface area contributed by atoms with Gasteiger partial charge in [0.2, 0.25) is 0 Å². The highest BCUT2D eigenvalue weighted by Gasteiger charge is 2.53. The molecule has 1 saturated carbocycles. The van der Waals surface area contributed by atoms with Crippen molar-refractivity contribution in [2.75, 3.05) is 0 Å². The summed E-state index contributed by atoms with van der Waals surface area (Å²) >= 11 is 0. The second-order valence-corrected chi connectivity index (χ2v) is 8.02. The lowest BCUT2D eigenvalue weighted by Gasteiger charge is -2.51. The molecule has 22 heavy (non-hydrogen) atoms. The number of carbonyl (C=O) groups excluding carboxylic acids is 1. The van der Waals surface area contributed by atoms with E-state index in [9.17, 15) is 15.0 Å². The Kier molecular flexibility index (Phi) is 3.32. The molecule has 2 N–H and O–H groups in total. The van der Waals surface area contributed by atoms with Crippen LogP contribution in [0.15, 0.2) is 35.5 Å². The lowest BCUT2D eigenvalue weighted by Crippen LogP contribution is -2.51. The van der Waals surface area contributed by atoms with Crippen LogP contribution in [0.1, 0.15) is 52.9 Å². The first-order chi connectivity index (χ1) is 10.2. The Balaban J connectivity index is 2.16. The van der Waals surface area contributed by atoms with Gasteiger partial charge in [-0.15, -0.1) is 6.58 Å². The van der Waals surface area contributed by atoms with Crippen molar-refractivity contribution in [3.8, 4) is 0 Å². The molecule has 0 aromatic heterocycles. The lowest BCUT2D eigenvalue weighted by atomic mass is 9.56. The van der Waals surface area contributed by atoms with Crippen LogP contribution in [0.4, 0.5) is 0 Å². The first kappa shape index (κ1) is 15.7. The maximum atomic E-state index is 12.7. The largest absolute Gasteiger partial charge is 0.387 e. The van der Waals surface area contributed by atoms with Crippen molar-refractivity contribution < 1.29 is 15.0 Å². The van der Waals surface area contributed by atoms with Crippen molar-refractivity contribution in [1.29, 1.82) is 0 Å². The molecule has 0 amide bonds. The van der Waals surface area contributed by atoms with E-state index in [1.165, 1.54) is 0 Å². The Morgan fingerprint density at radius 3 is 2.59 bits per heavy atom. The number of carbonyl (C=O) groups is 1. The van der Waals surface area contributed by atoms with Gasteiger partial charge in [-0.25, -0.2) is 0 Å². The summed E-state index contributed by atoms with van der Waals surface area (Å²) in [7, 11) is 0. The molecule has 3 atom stereocenters. The fraction of sp³-hybridized carbons (Fsp3) is 0.632. The second kappa shape index (κ2) is 4.65. The van der Waals surface area contributed by atoms with E-state index in [1.54, 1.807) is 12.2 Å². The number of aliphatic hydroxyl groups is 2. The summed E-state index contributed by atoms with van der Waals surface area (Å²) < 4.78 is 0. The highest BCUT2D eigenvalue weighted by atomic mass is 16.3. The predicted octanol–water partition coefficient (Wildman–Crippen LogP) is 3.08. The van der Waals surface area contributed by atoms with Crippen LogP contribution in [-0.2, 0) is 4.79 Å². The smallest absolute Gasteiger partial charge is 0.184 e. The van der Waals surface area contributed by atoms with Crippen LogP contribution in [0.5, 0.6) is 0 Å². The summed E-state index contributed by atoms with van der Waals surface area (Å²) in [5, 5.41) is 22.1. The molecule has 0 bridgehead atoms. The zero-order valence-electron chi connectivity index (χ0n) is 13.8. The zero-order chi connectivity index (χ0) is 16.3. The highest BCUT2D eigenvalue weighted by molar-refractivity contribution is 6.08. The van der Waals surface area contributed by atoms with Crippen LogP contribution >= 0.6 is 0 Å². The average Bonchev–Trinajstić information content (AvgIpc) is 2.44. The first-order valence-corrected chi connectivity index (χ1v) is 8.20. The van der Waals surface area contributed by atoms with Gasteiger partial charge in [-0.3, -0.25) is 4.79 Å². The Bertz CT molecular complexity index is 610. The third-order valence-corrected chi connectivity index (χ3v) is 6.16. The fourth-order valence-corrected chi connectivity index (χ4v) is 4.54. The van der Waals surface area contributed by atoms with Crippen molar-refractivity contribution in [2.45, 2.75) is 64.6 Å². The van der Waals surface area contributed by atoms with Crippen molar-refractivity contribution in [2.24, 2.45) is 10.8 Å². The van der Waals surface area contributed by atoms with Crippen LogP contribution in [-0.4, -0.2) is 27.7 Å². The molecular formula is C19H26O3. The molecule has 0 radical (unpaired) electrons. The maximum absolute atomic E-state index is 12.7. The molecule has 1 fully saturated rings. The predicted molar refractivity (Wildman–Crippen MR) is 86.2 cm³/mol. The summed E-state index contributed by atoms with van der Waals surface area (Å²) in [6.45, 7) is 9.93. The third kappa shape index (κ3) is 1.92. The van der Waals surface area contributed by atoms with Gasteiger partial charge in [0.15, 0.2) is 5.78 Å². The van der Waals surface area contributed by atoms with Crippen molar-refractivity contribution in [3.63, 3.8) is 0 Å². The van der Waals surface area contributed by atoms with E-state index in [0.717, 1.165) is 24.0 Å². The Hall–Kier alpha value is -1.19. The molecule has 0 aromatic carbocycles. The van der Waals surface area contributed by atoms with E-state index < -0.39 is 17.1 Å². The second-order valence-electron chi connectivity index (χ2n) is 8.02. The number of hydrogen-bond acceptors (Lipinski definition) is 3. The minimum absolute atomic E-state index is 0.134. The monoisotopic (exact) mass is 302 g/mol. The van der Waals surface area contributed by atoms with Crippen LogP contribution < -0.4 is 0 Å². The van der Waals surface area contributed by atoms with Gasteiger partial charge in [-0.2, -0.15) is 0 Å². The van der Waals surface area contributed by atoms with Gasteiger partial charge in [0.1, 0.15) is 5.60 Å². The Morgan fingerprint density at radius 1 is 1.27 bits per heavy atom. The number of aliphatic hydroxyl groups excluding tert-OH is 1. The van der Waals surface area contributed by atoms with Crippen molar-refractivity contribution >= 4 is 5.78 Å². The quantitative estimate of drug-likeness (QED) is 0.732.